The van der Waals surface area contributed by atoms with E-state index in [9.17, 15) is 0 Å². The molecule has 0 heterocycles. The summed E-state index contributed by atoms with van der Waals surface area (Å²) in [7, 11) is -2.28. The van der Waals surface area contributed by atoms with Gasteiger partial charge in [0.05, 0.1) is 15.4 Å². The Hall–Kier alpha value is -0.386. The highest BCUT2D eigenvalue weighted by molar-refractivity contribution is 6.74. The SMILES string of the molecule is C[SiH](C)c1ccc(CO[Si](C)(C)C(C)(C)C)cc1. The molecule has 0 saturated heterocycles. The summed E-state index contributed by atoms with van der Waals surface area (Å²) in [6.07, 6.45) is 0. The molecular formula is C15H28OSi2. The third kappa shape index (κ3) is 4.07. The maximum atomic E-state index is 6.23. The van der Waals surface area contributed by atoms with E-state index in [1.165, 1.54) is 10.8 Å². The second kappa shape index (κ2) is 5.72. The molecule has 0 amide bonds. The van der Waals surface area contributed by atoms with E-state index >= 15 is 0 Å². The number of hydrogen-bond donors (Lipinski definition) is 0. The molecule has 1 aromatic carbocycles. The largest absolute Gasteiger partial charge is 0.413 e. The lowest BCUT2D eigenvalue weighted by molar-refractivity contribution is 0.276. The molecule has 0 fully saturated rings. The van der Waals surface area contributed by atoms with Crippen LogP contribution < -0.4 is 5.19 Å². The monoisotopic (exact) mass is 280 g/mol. The van der Waals surface area contributed by atoms with Gasteiger partial charge in [-0.15, -0.1) is 0 Å². The topological polar surface area (TPSA) is 9.23 Å². The first-order valence-electron chi connectivity index (χ1n) is 6.86. The summed E-state index contributed by atoms with van der Waals surface area (Å²) >= 11 is 0. The molecule has 3 heteroatoms. The van der Waals surface area contributed by atoms with Crippen molar-refractivity contribution in [3.05, 3.63) is 29.8 Å². The lowest BCUT2D eigenvalue weighted by Gasteiger charge is -2.36. The van der Waals surface area contributed by atoms with Gasteiger partial charge in [0.25, 0.3) is 0 Å². The zero-order chi connectivity index (χ0) is 14.0. The fraction of sp³-hybridized carbons (Fsp3) is 0.600. The maximum Gasteiger partial charge on any atom is 0.192 e. The summed E-state index contributed by atoms with van der Waals surface area (Å²) in [4.78, 5) is 0. The minimum atomic E-state index is -1.61. The lowest BCUT2D eigenvalue weighted by atomic mass is 10.2. The zero-order valence-corrected chi connectivity index (χ0v) is 15.2. The Morgan fingerprint density at radius 3 is 1.94 bits per heavy atom. The van der Waals surface area contributed by atoms with Crippen LogP contribution in [0, 0.1) is 0 Å². The minimum Gasteiger partial charge on any atom is -0.413 e. The lowest BCUT2D eigenvalue weighted by Crippen LogP contribution is -2.40. The standard InChI is InChI=1S/C15H28OSi2/c1-15(2,3)18(6,7)16-12-13-8-10-14(11-9-13)17(4)5/h8-11,17H,12H2,1-7H3. The molecule has 0 N–H and O–H groups in total. The van der Waals surface area contributed by atoms with Crippen LogP contribution in [0.25, 0.3) is 0 Å². The molecule has 0 aromatic heterocycles. The van der Waals surface area contributed by atoms with Crippen LogP contribution in [0.3, 0.4) is 0 Å². The summed E-state index contributed by atoms with van der Waals surface area (Å²) < 4.78 is 6.23. The summed E-state index contributed by atoms with van der Waals surface area (Å²) in [6, 6.07) is 9.02. The van der Waals surface area contributed by atoms with Crippen molar-refractivity contribution in [3.8, 4) is 0 Å². The van der Waals surface area contributed by atoms with E-state index in [4.69, 9.17) is 4.43 Å². The van der Waals surface area contributed by atoms with Gasteiger partial charge in [0, 0.05) is 0 Å². The van der Waals surface area contributed by atoms with Gasteiger partial charge in [-0.2, -0.15) is 0 Å². The highest BCUT2D eigenvalue weighted by Crippen LogP contribution is 2.36. The van der Waals surface area contributed by atoms with Crippen molar-refractivity contribution in [2.45, 2.75) is 58.6 Å². The predicted molar refractivity (Wildman–Crippen MR) is 86.9 cm³/mol. The molecule has 0 saturated carbocycles. The van der Waals surface area contributed by atoms with Crippen LogP contribution in [0.5, 0.6) is 0 Å². The summed E-state index contributed by atoms with van der Waals surface area (Å²) in [6.45, 7) is 17.0. The smallest absolute Gasteiger partial charge is 0.192 e. The van der Waals surface area contributed by atoms with E-state index in [1.807, 2.05) is 0 Å². The van der Waals surface area contributed by atoms with Gasteiger partial charge in [-0.05, 0) is 23.7 Å². The molecule has 0 aliphatic heterocycles. The van der Waals surface area contributed by atoms with Crippen molar-refractivity contribution in [1.82, 2.24) is 0 Å². The molecule has 1 aromatic rings. The Labute approximate surface area is 115 Å². The first-order valence-corrected chi connectivity index (χ1v) is 12.7. The molecule has 0 aliphatic rings. The van der Waals surface area contributed by atoms with Crippen molar-refractivity contribution in [3.63, 3.8) is 0 Å². The predicted octanol–water partition coefficient (Wildman–Crippen LogP) is 3.90. The van der Waals surface area contributed by atoms with Crippen molar-refractivity contribution in [2.24, 2.45) is 0 Å². The van der Waals surface area contributed by atoms with Crippen LogP contribution in [0.4, 0.5) is 0 Å². The molecule has 0 radical (unpaired) electrons. The molecule has 1 rings (SSSR count). The van der Waals surface area contributed by atoms with E-state index in [2.05, 4.69) is 71.2 Å². The highest BCUT2D eigenvalue weighted by atomic mass is 28.4. The van der Waals surface area contributed by atoms with Crippen LogP contribution in [0.15, 0.2) is 24.3 Å². The normalized spacial score (nSPS) is 13.1. The Morgan fingerprint density at radius 1 is 1.06 bits per heavy atom. The molecule has 18 heavy (non-hydrogen) atoms. The van der Waals surface area contributed by atoms with Crippen molar-refractivity contribution in [1.29, 1.82) is 0 Å². The van der Waals surface area contributed by atoms with Gasteiger partial charge in [0.15, 0.2) is 8.32 Å². The Morgan fingerprint density at radius 2 is 1.56 bits per heavy atom. The third-order valence-corrected chi connectivity index (χ3v) is 10.2. The van der Waals surface area contributed by atoms with Gasteiger partial charge < -0.3 is 4.43 Å². The van der Waals surface area contributed by atoms with E-state index in [-0.39, 0.29) is 5.04 Å². The average Bonchev–Trinajstić information content (AvgIpc) is 2.25. The average molecular weight is 281 g/mol. The number of rotatable bonds is 4. The van der Waals surface area contributed by atoms with Crippen molar-refractivity contribution in [2.75, 3.05) is 0 Å². The van der Waals surface area contributed by atoms with E-state index in [0.717, 1.165) is 6.61 Å². The van der Waals surface area contributed by atoms with Crippen LogP contribution >= 0.6 is 0 Å². The molecule has 0 bridgehead atoms. The molecule has 0 atom stereocenters. The summed E-state index contributed by atoms with van der Waals surface area (Å²) in [5.41, 5.74) is 1.30. The Balaban J connectivity index is 2.64. The molecule has 1 nitrogen and oxygen atoms in total. The van der Waals surface area contributed by atoms with Gasteiger partial charge in [-0.3, -0.25) is 0 Å². The number of benzene rings is 1. The van der Waals surface area contributed by atoms with Gasteiger partial charge in [-0.25, -0.2) is 0 Å². The van der Waals surface area contributed by atoms with Crippen LogP contribution in [-0.4, -0.2) is 17.1 Å². The van der Waals surface area contributed by atoms with Crippen LogP contribution in [-0.2, 0) is 11.0 Å². The fourth-order valence-electron chi connectivity index (χ4n) is 1.48. The van der Waals surface area contributed by atoms with Crippen molar-refractivity contribution >= 4 is 22.3 Å². The third-order valence-electron chi connectivity index (χ3n) is 4.05. The van der Waals surface area contributed by atoms with Gasteiger partial charge in [0.2, 0.25) is 0 Å². The Kier molecular flexibility index (Phi) is 4.98. The first-order chi connectivity index (χ1) is 8.13. The molecular weight excluding hydrogens is 252 g/mol. The molecule has 102 valence electrons. The van der Waals surface area contributed by atoms with E-state index < -0.39 is 17.1 Å². The fourth-order valence-corrected chi connectivity index (χ4v) is 3.40. The maximum absolute atomic E-state index is 6.23. The second-order valence-electron chi connectivity index (χ2n) is 6.95. The van der Waals surface area contributed by atoms with Gasteiger partial charge >= 0.3 is 0 Å². The molecule has 0 unspecified atom stereocenters. The van der Waals surface area contributed by atoms with Gasteiger partial charge in [-0.1, -0.05) is 63.3 Å². The minimum absolute atomic E-state index is 0.289. The Bertz CT molecular complexity index is 374. The number of hydrogen-bond acceptors (Lipinski definition) is 1. The van der Waals surface area contributed by atoms with Crippen LogP contribution in [0.2, 0.25) is 31.2 Å². The summed E-state index contributed by atoms with van der Waals surface area (Å²) in [5.74, 6) is 0. The van der Waals surface area contributed by atoms with Crippen molar-refractivity contribution < 1.29 is 4.43 Å². The summed E-state index contributed by atoms with van der Waals surface area (Å²) in [5, 5.41) is 1.82. The quantitative estimate of drug-likeness (QED) is 0.760. The second-order valence-corrected chi connectivity index (χ2v) is 14.7. The molecule has 0 spiro atoms. The first kappa shape index (κ1) is 15.7. The van der Waals surface area contributed by atoms with E-state index in [1.54, 1.807) is 0 Å². The van der Waals surface area contributed by atoms with Gasteiger partial charge in [0.1, 0.15) is 0 Å². The van der Waals surface area contributed by atoms with Crippen LogP contribution in [0.1, 0.15) is 26.3 Å². The zero-order valence-electron chi connectivity index (χ0n) is 13.0. The highest BCUT2D eigenvalue weighted by Gasteiger charge is 2.36. The van der Waals surface area contributed by atoms with E-state index in [0.29, 0.717) is 0 Å². The molecule has 0 aliphatic carbocycles.